The number of rotatable bonds is 6. The lowest BCUT2D eigenvalue weighted by Gasteiger charge is -2.06. The van der Waals surface area contributed by atoms with Gasteiger partial charge in [0.25, 0.3) is 0 Å². The highest BCUT2D eigenvalue weighted by Gasteiger charge is 2.14. The molecule has 0 saturated heterocycles. The zero-order valence-corrected chi connectivity index (χ0v) is 14.9. The molecule has 1 aliphatic heterocycles. The number of hydrogen-bond acceptors (Lipinski definition) is 7. The summed E-state index contributed by atoms with van der Waals surface area (Å²) in [6, 6.07) is 11.0. The Morgan fingerprint density at radius 3 is 3.00 bits per heavy atom. The van der Waals surface area contributed by atoms with Gasteiger partial charge >= 0.3 is 0 Å². The van der Waals surface area contributed by atoms with Crippen LogP contribution in [0.15, 0.2) is 36.4 Å². The first-order chi connectivity index (χ1) is 12.7. The largest absolute Gasteiger partial charge is 0.494 e. The monoisotopic (exact) mass is 371 g/mol. The van der Waals surface area contributed by atoms with Gasteiger partial charge in [-0.05, 0) is 37.3 Å². The van der Waals surface area contributed by atoms with E-state index in [9.17, 15) is 4.79 Å². The summed E-state index contributed by atoms with van der Waals surface area (Å²) in [5, 5.41) is 6.57. The number of nitrogens with zero attached hydrogens (tertiary/aromatic N) is 1. The van der Waals surface area contributed by atoms with E-state index in [1.54, 1.807) is 18.2 Å². The van der Waals surface area contributed by atoms with E-state index in [2.05, 4.69) is 15.6 Å². The van der Waals surface area contributed by atoms with Gasteiger partial charge in [-0.25, -0.2) is 4.98 Å². The Labute approximate surface area is 153 Å². The summed E-state index contributed by atoms with van der Waals surface area (Å²) >= 11 is 1.48. The molecule has 1 aliphatic rings. The Hall–Kier alpha value is -3.00. The molecule has 2 aromatic carbocycles. The normalized spacial score (nSPS) is 12.2. The molecular formula is C18H17N3O4S. The second-order valence-corrected chi connectivity index (χ2v) is 6.58. The molecule has 134 valence electrons. The minimum atomic E-state index is -0.168. The molecule has 0 spiro atoms. The molecule has 2 heterocycles. The van der Waals surface area contributed by atoms with Crippen molar-refractivity contribution < 1.29 is 19.0 Å². The number of hydrogen-bond donors (Lipinski definition) is 2. The number of carbonyl (C=O) groups is 1. The quantitative estimate of drug-likeness (QED) is 0.690. The first kappa shape index (κ1) is 16.5. The Kier molecular flexibility index (Phi) is 4.49. The van der Waals surface area contributed by atoms with Gasteiger partial charge in [0.2, 0.25) is 12.7 Å². The Morgan fingerprint density at radius 2 is 2.12 bits per heavy atom. The molecular weight excluding hydrogens is 354 g/mol. The Balaban J connectivity index is 1.37. The number of benzene rings is 2. The first-order valence-electron chi connectivity index (χ1n) is 8.18. The molecule has 7 nitrogen and oxygen atoms in total. The van der Waals surface area contributed by atoms with Gasteiger partial charge in [-0.1, -0.05) is 11.3 Å². The van der Waals surface area contributed by atoms with Crippen molar-refractivity contribution in [3.05, 3.63) is 36.4 Å². The van der Waals surface area contributed by atoms with Crippen molar-refractivity contribution in [3.63, 3.8) is 0 Å². The molecule has 2 N–H and O–H groups in total. The highest BCUT2D eigenvalue weighted by molar-refractivity contribution is 7.22. The van der Waals surface area contributed by atoms with Crippen molar-refractivity contribution in [3.8, 4) is 17.2 Å². The molecule has 0 radical (unpaired) electrons. The van der Waals surface area contributed by atoms with Gasteiger partial charge in [0.05, 0.1) is 23.4 Å². The summed E-state index contributed by atoms with van der Waals surface area (Å²) < 4.78 is 17.1. The van der Waals surface area contributed by atoms with Gasteiger partial charge in [-0.2, -0.15) is 0 Å². The fourth-order valence-electron chi connectivity index (χ4n) is 2.57. The van der Waals surface area contributed by atoms with Crippen molar-refractivity contribution in [2.45, 2.75) is 6.92 Å². The van der Waals surface area contributed by atoms with Crippen LogP contribution >= 0.6 is 11.3 Å². The maximum Gasteiger partial charge on any atom is 0.243 e. The summed E-state index contributed by atoms with van der Waals surface area (Å²) in [7, 11) is 0. The smallest absolute Gasteiger partial charge is 0.243 e. The third-order valence-corrected chi connectivity index (χ3v) is 4.70. The van der Waals surface area contributed by atoms with Crippen LogP contribution in [0.5, 0.6) is 17.2 Å². The molecule has 0 unspecified atom stereocenters. The van der Waals surface area contributed by atoms with Crippen LogP contribution in [0.3, 0.4) is 0 Å². The van der Waals surface area contributed by atoms with Gasteiger partial charge in [0, 0.05) is 11.8 Å². The number of amides is 1. The van der Waals surface area contributed by atoms with Crippen LogP contribution in [0, 0.1) is 0 Å². The molecule has 0 aliphatic carbocycles. The predicted molar refractivity (Wildman–Crippen MR) is 100 cm³/mol. The van der Waals surface area contributed by atoms with Crippen LogP contribution in [-0.4, -0.2) is 30.8 Å². The summed E-state index contributed by atoms with van der Waals surface area (Å²) in [5.41, 5.74) is 1.53. The topological polar surface area (TPSA) is 81.7 Å². The Morgan fingerprint density at radius 1 is 1.23 bits per heavy atom. The number of fused-ring (bicyclic) bond motifs is 2. The van der Waals surface area contributed by atoms with Gasteiger partial charge in [0.1, 0.15) is 5.75 Å². The van der Waals surface area contributed by atoms with E-state index in [1.165, 1.54) is 11.3 Å². The van der Waals surface area contributed by atoms with Crippen molar-refractivity contribution >= 4 is 38.3 Å². The second-order valence-electron chi connectivity index (χ2n) is 5.55. The predicted octanol–water partition coefficient (Wildman–Crippen LogP) is 3.47. The van der Waals surface area contributed by atoms with Crippen molar-refractivity contribution in [2.24, 2.45) is 0 Å². The number of anilines is 2. The fraction of sp³-hybridized carbons (Fsp3) is 0.222. The van der Waals surface area contributed by atoms with E-state index < -0.39 is 0 Å². The molecule has 26 heavy (non-hydrogen) atoms. The third kappa shape index (κ3) is 3.50. The van der Waals surface area contributed by atoms with Crippen LogP contribution in [0.1, 0.15) is 6.92 Å². The molecule has 0 atom stereocenters. The molecule has 1 aromatic heterocycles. The van der Waals surface area contributed by atoms with E-state index in [0.29, 0.717) is 28.9 Å². The molecule has 0 saturated carbocycles. The van der Waals surface area contributed by atoms with E-state index in [0.717, 1.165) is 16.0 Å². The van der Waals surface area contributed by atoms with Crippen molar-refractivity contribution in [1.29, 1.82) is 0 Å². The van der Waals surface area contributed by atoms with Crippen molar-refractivity contribution in [1.82, 2.24) is 4.98 Å². The van der Waals surface area contributed by atoms with Crippen molar-refractivity contribution in [2.75, 3.05) is 30.6 Å². The second kappa shape index (κ2) is 7.09. The number of thiazole rings is 1. The van der Waals surface area contributed by atoms with E-state index >= 15 is 0 Å². The maximum atomic E-state index is 12.2. The number of nitrogens with one attached hydrogen (secondary N) is 2. The average molecular weight is 371 g/mol. The molecule has 0 fully saturated rings. The highest BCUT2D eigenvalue weighted by Crippen LogP contribution is 2.34. The molecule has 3 aromatic rings. The summed E-state index contributed by atoms with van der Waals surface area (Å²) in [5.74, 6) is 1.96. The first-order valence-corrected chi connectivity index (χ1v) is 8.99. The summed E-state index contributed by atoms with van der Waals surface area (Å²) in [6.07, 6.45) is 0. The zero-order valence-electron chi connectivity index (χ0n) is 14.1. The zero-order chi connectivity index (χ0) is 17.9. The summed E-state index contributed by atoms with van der Waals surface area (Å²) in [4.78, 5) is 16.6. The van der Waals surface area contributed by atoms with Gasteiger partial charge in [0.15, 0.2) is 16.6 Å². The minimum absolute atomic E-state index is 0.118. The standard InChI is InChI=1S/C18H17N3O4S/c1-2-23-12-4-5-13-16(8-12)26-18(21-13)19-9-17(22)20-11-3-6-14-15(7-11)25-10-24-14/h3-8H,2,9-10H2,1H3,(H,19,21)(H,20,22). The minimum Gasteiger partial charge on any atom is -0.494 e. The Bertz CT molecular complexity index is 957. The molecule has 1 amide bonds. The highest BCUT2D eigenvalue weighted by atomic mass is 32.1. The molecule has 8 heteroatoms. The number of carbonyl (C=O) groups excluding carboxylic acids is 1. The number of ether oxygens (including phenoxy) is 3. The number of aromatic nitrogens is 1. The fourth-order valence-corrected chi connectivity index (χ4v) is 3.46. The van der Waals surface area contributed by atoms with E-state index in [4.69, 9.17) is 14.2 Å². The summed E-state index contributed by atoms with van der Waals surface area (Å²) in [6.45, 7) is 2.89. The lowest BCUT2D eigenvalue weighted by atomic mass is 10.3. The van der Waals surface area contributed by atoms with Crippen LogP contribution in [0.4, 0.5) is 10.8 Å². The van der Waals surface area contributed by atoms with Crippen LogP contribution in [-0.2, 0) is 4.79 Å². The van der Waals surface area contributed by atoms with Crippen LogP contribution < -0.4 is 24.8 Å². The van der Waals surface area contributed by atoms with Gasteiger partial charge in [-0.3, -0.25) is 4.79 Å². The third-order valence-electron chi connectivity index (χ3n) is 3.73. The maximum absolute atomic E-state index is 12.2. The van der Waals surface area contributed by atoms with Crippen LogP contribution in [0.2, 0.25) is 0 Å². The van der Waals surface area contributed by atoms with Gasteiger partial charge < -0.3 is 24.8 Å². The van der Waals surface area contributed by atoms with E-state index in [-0.39, 0.29) is 19.2 Å². The lowest BCUT2D eigenvalue weighted by Crippen LogP contribution is -2.21. The SMILES string of the molecule is CCOc1ccc2nc(NCC(=O)Nc3ccc4c(c3)OCO4)sc2c1. The van der Waals surface area contributed by atoms with E-state index in [1.807, 2.05) is 25.1 Å². The lowest BCUT2D eigenvalue weighted by molar-refractivity contribution is -0.114. The molecule has 4 rings (SSSR count). The van der Waals surface area contributed by atoms with Crippen LogP contribution in [0.25, 0.3) is 10.2 Å². The average Bonchev–Trinajstić information content (AvgIpc) is 3.25. The van der Waals surface area contributed by atoms with Gasteiger partial charge in [-0.15, -0.1) is 0 Å². The molecule has 0 bridgehead atoms.